The molecular weight excluding hydrogens is 238 g/mol. The van der Waals surface area contributed by atoms with E-state index in [1.807, 2.05) is 6.92 Å². The van der Waals surface area contributed by atoms with E-state index in [9.17, 15) is 0 Å². The zero-order chi connectivity index (χ0) is 5.86. The Morgan fingerprint density at radius 3 is 2.43 bits per heavy atom. The summed E-state index contributed by atoms with van der Waals surface area (Å²) in [7, 11) is 4.15. The van der Waals surface area contributed by atoms with Crippen LogP contribution in [0.25, 0.3) is 0 Å². The van der Waals surface area contributed by atoms with Crippen LogP contribution in [-0.2, 0) is 0 Å². The Bertz CT molecular complexity index is 132. The standard InChI is InChI=1S/C4H8IPS/c1-4(2)3-7(5)6/h7H,1,3H2,2H3. The number of rotatable bonds is 1. The first kappa shape index (κ1) is 8.25. The Morgan fingerprint density at radius 2 is 2.43 bits per heavy atom. The van der Waals surface area contributed by atoms with E-state index in [1.54, 1.807) is 0 Å². The molecule has 0 bridgehead atoms. The van der Waals surface area contributed by atoms with Crippen LogP contribution in [0.3, 0.4) is 0 Å². The minimum atomic E-state index is -0.0750. The van der Waals surface area contributed by atoms with Gasteiger partial charge in [-0.2, -0.15) is 0 Å². The molecule has 42 valence electrons. The van der Waals surface area contributed by atoms with E-state index in [-0.39, 0.29) is 7.04 Å². The van der Waals surface area contributed by atoms with Crippen molar-refractivity contribution in [1.82, 2.24) is 0 Å². The summed E-state index contributed by atoms with van der Waals surface area (Å²) in [4.78, 5) is 0. The van der Waals surface area contributed by atoms with Crippen LogP contribution in [0, 0.1) is 0 Å². The minimum absolute atomic E-state index is 0.0750. The summed E-state index contributed by atoms with van der Waals surface area (Å²) < 4.78 is 0. The van der Waals surface area contributed by atoms with Crippen LogP contribution in [0.5, 0.6) is 0 Å². The van der Waals surface area contributed by atoms with Gasteiger partial charge in [-0.3, -0.25) is 0 Å². The second kappa shape index (κ2) is 4.16. The monoisotopic (exact) mass is 246 g/mol. The first-order chi connectivity index (χ1) is 3.13. The van der Waals surface area contributed by atoms with Crippen LogP contribution in [0.4, 0.5) is 0 Å². The zero-order valence-electron chi connectivity index (χ0n) is 4.19. The molecule has 3 heteroatoms. The summed E-state index contributed by atoms with van der Waals surface area (Å²) in [6.45, 7) is 5.79. The third kappa shape index (κ3) is 7.25. The van der Waals surface area contributed by atoms with Crippen molar-refractivity contribution in [3.05, 3.63) is 12.2 Å². The molecule has 0 nitrogen and oxygen atoms in total. The normalized spacial score (nSPS) is 13.3. The summed E-state index contributed by atoms with van der Waals surface area (Å²) in [6, 6.07) is 0. The maximum atomic E-state index is 4.23. The molecule has 1 atom stereocenters. The molecular formula is C4H8IPS. The van der Waals surface area contributed by atoms with E-state index >= 15 is 0 Å². The Balaban J connectivity index is 3.39. The molecule has 0 radical (unpaired) electrons. The van der Waals surface area contributed by atoms with Crippen molar-refractivity contribution in [3.8, 4) is 0 Å². The third-order valence-electron chi connectivity index (χ3n) is 0.400. The zero-order valence-corrected chi connectivity index (χ0v) is 8.13. The summed E-state index contributed by atoms with van der Waals surface area (Å²) >= 11 is 2.33. The molecule has 0 aromatic rings. The average Bonchev–Trinajstić information content (AvgIpc) is 1.27. The van der Waals surface area contributed by atoms with Gasteiger partial charge in [-0.25, -0.2) is 0 Å². The van der Waals surface area contributed by atoms with Crippen LogP contribution in [0.1, 0.15) is 6.92 Å². The van der Waals surface area contributed by atoms with Crippen LogP contribution in [-0.4, -0.2) is 5.75 Å². The molecule has 0 aromatic heterocycles. The molecule has 0 aliphatic rings. The van der Waals surface area contributed by atoms with E-state index in [0.29, 0.717) is 0 Å². The van der Waals surface area contributed by atoms with Crippen molar-refractivity contribution in [2.75, 3.05) is 5.75 Å². The van der Waals surface area contributed by atoms with Crippen molar-refractivity contribution in [2.45, 2.75) is 6.92 Å². The molecule has 0 fully saturated rings. The quantitative estimate of drug-likeness (QED) is 0.312. The Kier molecular flexibility index (Phi) is 4.90. The molecule has 0 aliphatic carbocycles. The van der Waals surface area contributed by atoms with Crippen LogP contribution in [0.15, 0.2) is 12.2 Å². The molecule has 0 saturated heterocycles. The topological polar surface area (TPSA) is 0 Å². The molecule has 0 rings (SSSR count). The van der Waals surface area contributed by atoms with Gasteiger partial charge >= 0.3 is 60.9 Å². The third-order valence-corrected chi connectivity index (χ3v) is 2.65. The van der Waals surface area contributed by atoms with Gasteiger partial charge in [-0.05, 0) is 0 Å². The molecule has 7 heavy (non-hydrogen) atoms. The van der Waals surface area contributed by atoms with E-state index < -0.39 is 0 Å². The van der Waals surface area contributed by atoms with Gasteiger partial charge in [-0.15, -0.1) is 0 Å². The van der Waals surface area contributed by atoms with Crippen molar-refractivity contribution < 1.29 is 0 Å². The number of hydrogen-bond donors (Lipinski definition) is 1. The summed E-state index contributed by atoms with van der Waals surface area (Å²) in [5, 5.41) is 0. The van der Waals surface area contributed by atoms with E-state index in [0.717, 1.165) is 5.75 Å². The molecule has 0 spiro atoms. The van der Waals surface area contributed by atoms with Crippen LogP contribution < -0.4 is 0 Å². The summed E-state index contributed by atoms with van der Waals surface area (Å²) in [5.41, 5.74) is 1.23. The first-order valence-electron chi connectivity index (χ1n) is 1.89. The Morgan fingerprint density at radius 1 is 2.00 bits per heavy atom. The molecule has 0 heterocycles. The predicted molar refractivity (Wildman–Crippen MR) is 49.6 cm³/mol. The molecule has 0 aliphatic heterocycles. The second-order valence-electron chi connectivity index (χ2n) is 1.45. The predicted octanol–water partition coefficient (Wildman–Crippen LogP) is 3.24. The van der Waals surface area contributed by atoms with E-state index in [1.165, 1.54) is 5.57 Å². The van der Waals surface area contributed by atoms with Gasteiger partial charge in [0.15, 0.2) is 0 Å². The van der Waals surface area contributed by atoms with E-state index in [4.69, 9.17) is 0 Å². The van der Waals surface area contributed by atoms with Gasteiger partial charge in [0.05, 0.1) is 0 Å². The number of halogens is 1. The van der Waals surface area contributed by atoms with Crippen LogP contribution in [0.2, 0.25) is 0 Å². The van der Waals surface area contributed by atoms with Gasteiger partial charge in [0.2, 0.25) is 0 Å². The van der Waals surface area contributed by atoms with Crippen molar-refractivity contribution in [3.63, 3.8) is 0 Å². The van der Waals surface area contributed by atoms with E-state index in [2.05, 4.69) is 35.6 Å². The van der Waals surface area contributed by atoms with Gasteiger partial charge in [0, 0.05) is 0 Å². The Labute approximate surface area is 60.8 Å². The average molecular weight is 246 g/mol. The summed E-state index contributed by atoms with van der Waals surface area (Å²) in [5.74, 6) is 1.08. The second-order valence-corrected chi connectivity index (χ2v) is 9.67. The van der Waals surface area contributed by atoms with Gasteiger partial charge in [0.1, 0.15) is 0 Å². The Hall–Kier alpha value is 1.25. The van der Waals surface area contributed by atoms with Gasteiger partial charge in [-0.1, -0.05) is 0 Å². The molecule has 0 aromatic carbocycles. The van der Waals surface area contributed by atoms with Crippen molar-refractivity contribution in [1.29, 1.82) is 0 Å². The summed E-state index contributed by atoms with van der Waals surface area (Å²) in [6.07, 6.45) is 0. The van der Waals surface area contributed by atoms with Crippen LogP contribution >= 0.6 is 36.1 Å². The molecule has 0 N–H and O–H groups in total. The maximum absolute atomic E-state index is 4.23. The van der Waals surface area contributed by atoms with Crippen molar-refractivity contribution >= 4 is 36.1 Å². The molecule has 0 amide bonds. The fraction of sp³-hybridized carbons (Fsp3) is 0.500. The number of thiol groups is 1. The molecule has 1 unspecified atom stereocenters. The molecule has 0 saturated carbocycles. The fourth-order valence-corrected chi connectivity index (χ4v) is 3.14. The van der Waals surface area contributed by atoms with Crippen molar-refractivity contribution in [2.24, 2.45) is 0 Å². The van der Waals surface area contributed by atoms with Gasteiger partial charge < -0.3 is 0 Å². The number of hydrogen-bond acceptors (Lipinski definition) is 0. The van der Waals surface area contributed by atoms with Gasteiger partial charge in [0.25, 0.3) is 0 Å². The fourth-order valence-electron chi connectivity index (χ4n) is 0.223. The SMILES string of the molecule is C=C(C)C[SH](#P)I. The first-order valence-corrected chi connectivity index (χ1v) is 7.36.